The third kappa shape index (κ3) is 2.65. The standard InChI is InChI=1S/C12H9Cl2NO/c1-8-7-15-12(14)6-11(8)16-10-4-2-9(13)3-5-10/h2-7H,1H3. The second kappa shape index (κ2) is 4.73. The summed E-state index contributed by atoms with van der Waals surface area (Å²) in [6.45, 7) is 1.91. The van der Waals surface area contributed by atoms with Crippen molar-refractivity contribution in [2.75, 3.05) is 0 Å². The highest BCUT2D eigenvalue weighted by Crippen LogP contribution is 2.27. The smallest absolute Gasteiger partial charge is 0.134 e. The molecule has 0 bridgehead atoms. The third-order valence-electron chi connectivity index (χ3n) is 2.06. The Hall–Kier alpha value is -1.25. The van der Waals surface area contributed by atoms with Crippen molar-refractivity contribution >= 4 is 23.2 Å². The van der Waals surface area contributed by atoms with Crippen LogP contribution in [-0.4, -0.2) is 4.98 Å². The lowest BCUT2D eigenvalue weighted by Gasteiger charge is -2.08. The maximum atomic E-state index is 5.80. The summed E-state index contributed by atoms with van der Waals surface area (Å²) in [5.74, 6) is 1.41. The van der Waals surface area contributed by atoms with E-state index in [9.17, 15) is 0 Å². The molecule has 1 aromatic carbocycles. The Bertz CT molecular complexity index is 497. The zero-order valence-electron chi connectivity index (χ0n) is 8.58. The quantitative estimate of drug-likeness (QED) is 0.736. The summed E-state index contributed by atoms with van der Waals surface area (Å²) < 4.78 is 5.66. The molecule has 82 valence electrons. The van der Waals surface area contributed by atoms with Gasteiger partial charge in [0.05, 0.1) is 0 Å². The average Bonchev–Trinajstić information content (AvgIpc) is 2.27. The topological polar surface area (TPSA) is 22.1 Å². The summed E-state index contributed by atoms with van der Waals surface area (Å²) in [5, 5.41) is 1.09. The summed E-state index contributed by atoms with van der Waals surface area (Å²) >= 11 is 11.6. The van der Waals surface area contributed by atoms with Crippen LogP contribution in [0.2, 0.25) is 10.2 Å². The molecule has 0 aliphatic carbocycles. The molecule has 0 fully saturated rings. The second-order valence-corrected chi connectivity index (χ2v) is 4.15. The van der Waals surface area contributed by atoms with E-state index in [-0.39, 0.29) is 0 Å². The van der Waals surface area contributed by atoms with E-state index in [1.165, 1.54) is 0 Å². The molecule has 0 radical (unpaired) electrons. The minimum atomic E-state index is 0.412. The molecule has 0 atom stereocenters. The van der Waals surface area contributed by atoms with Gasteiger partial charge in [0.15, 0.2) is 0 Å². The number of aryl methyl sites for hydroxylation is 1. The highest BCUT2D eigenvalue weighted by Gasteiger charge is 2.03. The van der Waals surface area contributed by atoms with Gasteiger partial charge < -0.3 is 4.74 Å². The number of aromatic nitrogens is 1. The predicted octanol–water partition coefficient (Wildman–Crippen LogP) is 4.49. The molecule has 0 saturated heterocycles. The van der Waals surface area contributed by atoms with Crippen LogP contribution in [0.3, 0.4) is 0 Å². The number of nitrogens with zero attached hydrogens (tertiary/aromatic N) is 1. The molecule has 16 heavy (non-hydrogen) atoms. The minimum absolute atomic E-state index is 0.412. The van der Waals surface area contributed by atoms with Crippen molar-refractivity contribution in [2.24, 2.45) is 0 Å². The van der Waals surface area contributed by atoms with Gasteiger partial charge in [-0.25, -0.2) is 4.98 Å². The van der Waals surface area contributed by atoms with Crippen LogP contribution in [0.25, 0.3) is 0 Å². The van der Waals surface area contributed by atoms with Crippen molar-refractivity contribution in [3.05, 3.63) is 52.3 Å². The molecule has 1 aromatic heterocycles. The fourth-order valence-electron chi connectivity index (χ4n) is 1.22. The van der Waals surface area contributed by atoms with Gasteiger partial charge in [-0.1, -0.05) is 23.2 Å². The lowest BCUT2D eigenvalue weighted by Crippen LogP contribution is -1.88. The van der Waals surface area contributed by atoms with Crippen LogP contribution in [0, 0.1) is 6.92 Å². The molecule has 2 aromatic rings. The summed E-state index contributed by atoms with van der Waals surface area (Å²) in [4.78, 5) is 3.96. The molecule has 2 nitrogen and oxygen atoms in total. The number of rotatable bonds is 2. The number of benzene rings is 1. The van der Waals surface area contributed by atoms with Gasteiger partial charge >= 0.3 is 0 Å². The number of ether oxygens (including phenoxy) is 1. The van der Waals surface area contributed by atoms with E-state index in [1.54, 1.807) is 36.5 Å². The molecule has 0 aliphatic heterocycles. The maximum Gasteiger partial charge on any atom is 0.134 e. The Kier molecular flexibility index (Phi) is 3.32. The summed E-state index contributed by atoms with van der Waals surface area (Å²) in [6.07, 6.45) is 1.67. The van der Waals surface area contributed by atoms with E-state index >= 15 is 0 Å². The number of hydrogen-bond acceptors (Lipinski definition) is 2. The average molecular weight is 254 g/mol. The van der Waals surface area contributed by atoms with Gasteiger partial charge in [-0.2, -0.15) is 0 Å². The van der Waals surface area contributed by atoms with Crippen molar-refractivity contribution in [1.29, 1.82) is 0 Å². The van der Waals surface area contributed by atoms with Gasteiger partial charge in [0.2, 0.25) is 0 Å². The van der Waals surface area contributed by atoms with Crippen LogP contribution < -0.4 is 4.74 Å². The van der Waals surface area contributed by atoms with Crippen LogP contribution in [0.1, 0.15) is 5.56 Å². The largest absolute Gasteiger partial charge is 0.457 e. The summed E-state index contributed by atoms with van der Waals surface area (Å²) in [6, 6.07) is 8.84. The van der Waals surface area contributed by atoms with E-state index in [0.717, 1.165) is 11.3 Å². The maximum absolute atomic E-state index is 5.80. The van der Waals surface area contributed by atoms with Crippen LogP contribution in [0.5, 0.6) is 11.5 Å². The Morgan fingerprint density at radius 1 is 1.12 bits per heavy atom. The molecule has 1 heterocycles. The van der Waals surface area contributed by atoms with Crippen LogP contribution in [0.15, 0.2) is 36.5 Å². The first-order valence-corrected chi connectivity index (χ1v) is 5.46. The fourth-order valence-corrected chi connectivity index (χ4v) is 1.49. The number of pyridine rings is 1. The molecular formula is C12H9Cl2NO. The first-order valence-electron chi connectivity index (χ1n) is 4.71. The molecule has 0 aliphatic rings. The molecule has 2 rings (SSSR count). The van der Waals surface area contributed by atoms with Gasteiger partial charge in [-0.05, 0) is 31.2 Å². The van der Waals surface area contributed by atoms with Crippen molar-refractivity contribution < 1.29 is 4.74 Å². The zero-order valence-corrected chi connectivity index (χ0v) is 10.1. The number of halogens is 2. The van der Waals surface area contributed by atoms with E-state index in [2.05, 4.69) is 4.98 Å². The molecule has 4 heteroatoms. The van der Waals surface area contributed by atoms with Crippen molar-refractivity contribution in [2.45, 2.75) is 6.92 Å². The first-order chi connectivity index (χ1) is 7.65. The molecule has 0 spiro atoms. The fraction of sp³-hybridized carbons (Fsp3) is 0.0833. The highest BCUT2D eigenvalue weighted by molar-refractivity contribution is 6.30. The molecule has 0 amide bonds. The van der Waals surface area contributed by atoms with E-state index in [4.69, 9.17) is 27.9 Å². The predicted molar refractivity (Wildman–Crippen MR) is 65.5 cm³/mol. The Morgan fingerprint density at radius 2 is 1.81 bits per heavy atom. The zero-order chi connectivity index (χ0) is 11.5. The number of hydrogen-bond donors (Lipinski definition) is 0. The normalized spacial score (nSPS) is 10.2. The summed E-state index contributed by atoms with van der Waals surface area (Å²) in [5.41, 5.74) is 0.930. The third-order valence-corrected chi connectivity index (χ3v) is 2.52. The first kappa shape index (κ1) is 11.2. The van der Waals surface area contributed by atoms with Crippen molar-refractivity contribution in [3.8, 4) is 11.5 Å². The van der Waals surface area contributed by atoms with Gasteiger partial charge in [-0.3, -0.25) is 0 Å². The van der Waals surface area contributed by atoms with Crippen LogP contribution in [-0.2, 0) is 0 Å². The van der Waals surface area contributed by atoms with Crippen molar-refractivity contribution in [3.63, 3.8) is 0 Å². The molecule has 0 saturated carbocycles. The second-order valence-electron chi connectivity index (χ2n) is 3.33. The lowest BCUT2D eigenvalue weighted by molar-refractivity contribution is 0.478. The van der Waals surface area contributed by atoms with E-state index in [1.807, 2.05) is 6.92 Å². The van der Waals surface area contributed by atoms with Crippen molar-refractivity contribution in [1.82, 2.24) is 4.98 Å². The van der Waals surface area contributed by atoms with Crippen LogP contribution >= 0.6 is 23.2 Å². The van der Waals surface area contributed by atoms with Gasteiger partial charge in [0.1, 0.15) is 16.7 Å². The molecule has 0 unspecified atom stereocenters. The van der Waals surface area contributed by atoms with E-state index < -0.39 is 0 Å². The monoisotopic (exact) mass is 253 g/mol. The highest BCUT2D eigenvalue weighted by atomic mass is 35.5. The minimum Gasteiger partial charge on any atom is -0.457 e. The Balaban J connectivity index is 2.26. The molecule has 0 N–H and O–H groups in total. The molecular weight excluding hydrogens is 245 g/mol. The Morgan fingerprint density at radius 3 is 2.50 bits per heavy atom. The Labute approximate surface area is 104 Å². The van der Waals surface area contributed by atoms with Gasteiger partial charge in [-0.15, -0.1) is 0 Å². The van der Waals surface area contributed by atoms with Gasteiger partial charge in [0.25, 0.3) is 0 Å². The van der Waals surface area contributed by atoms with E-state index in [0.29, 0.717) is 15.9 Å². The van der Waals surface area contributed by atoms with Gasteiger partial charge in [0, 0.05) is 22.8 Å². The lowest BCUT2D eigenvalue weighted by atomic mass is 10.3. The summed E-state index contributed by atoms with van der Waals surface area (Å²) in [7, 11) is 0. The van der Waals surface area contributed by atoms with Crippen LogP contribution in [0.4, 0.5) is 0 Å². The SMILES string of the molecule is Cc1cnc(Cl)cc1Oc1ccc(Cl)cc1.